The Morgan fingerprint density at radius 3 is 2.24 bits per heavy atom. The topological polar surface area (TPSA) is 163 Å². The molecule has 4 atom stereocenters. The summed E-state index contributed by atoms with van der Waals surface area (Å²) in [6, 6.07) is 0. The smallest absolute Gasteiger partial charge is 0.394 e. The van der Waals surface area contributed by atoms with Crippen LogP contribution in [-0.2, 0) is 13.8 Å². The van der Waals surface area contributed by atoms with Crippen LogP contribution in [0.5, 0.6) is 0 Å². The first-order valence-electron chi connectivity index (χ1n) is 4.77. The predicted octanol–water partition coefficient (Wildman–Crippen LogP) is -2.50. The molecule has 0 spiro atoms. The maximum Gasteiger partial charge on any atom is 0.471 e. The van der Waals surface area contributed by atoms with Crippen LogP contribution in [-0.4, -0.2) is 62.9 Å². The first kappa shape index (κ1) is 16.9. The monoisotopic (exact) mass is 275 g/mol. The Kier molecular flexibility index (Phi) is 7.33. The molecule has 0 aromatic rings. The van der Waals surface area contributed by atoms with Gasteiger partial charge in [0, 0.05) is 6.54 Å². The summed E-state index contributed by atoms with van der Waals surface area (Å²) in [5, 5.41) is 27.6. The summed E-state index contributed by atoms with van der Waals surface area (Å²) in [5.41, 5.74) is 5.10. The van der Waals surface area contributed by atoms with Crippen molar-refractivity contribution in [2.24, 2.45) is 5.73 Å². The fourth-order valence-corrected chi connectivity index (χ4v) is 1.52. The van der Waals surface area contributed by atoms with Crippen molar-refractivity contribution in [3.8, 4) is 0 Å². The molecule has 0 bridgehead atoms. The second-order valence-electron chi connectivity index (χ2n) is 3.31. The molecule has 3 unspecified atom stereocenters. The lowest BCUT2D eigenvalue weighted by Crippen LogP contribution is -2.46. The summed E-state index contributed by atoms with van der Waals surface area (Å²) in [5.74, 6) is 0. The molecular formula is C7H18NO8P. The molecule has 0 saturated carbocycles. The number of hydrogen-bond acceptors (Lipinski definition) is 7. The molecule has 0 aliphatic rings. The Bertz CT molecular complexity index is 258. The third-order valence-corrected chi connectivity index (χ3v) is 2.42. The van der Waals surface area contributed by atoms with Crippen molar-refractivity contribution in [2.75, 3.05) is 13.2 Å². The molecule has 0 rings (SSSR count). The lowest BCUT2D eigenvalue weighted by molar-refractivity contribution is -0.177. The average molecular weight is 275 g/mol. The Hall–Kier alpha value is -0.0900. The highest BCUT2D eigenvalue weighted by Crippen LogP contribution is 2.37. The first-order chi connectivity index (χ1) is 7.71. The van der Waals surface area contributed by atoms with Gasteiger partial charge in [-0.15, -0.1) is 0 Å². The third-order valence-electron chi connectivity index (χ3n) is 1.85. The van der Waals surface area contributed by atoms with Gasteiger partial charge in [-0.1, -0.05) is 0 Å². The van der Waals surface area contributed by atoms with E-state index < -0.39 is 39.0 Å². The standard InChI is InChI=1S/C7H18NO8P/c1-4(16-17(12,13)14)15-6(3-9)7(11)5(10)2-8/h4-7,9-11H,2-3,8H2,1H3,(H2,12,13,14)/t4?,5?,6?,7-/m1/s1. The van der Waals surface area contributed by atoms with E-state index in [0.29, 0.717) is 0 Å². The molecule has 10 heteroatoms. The largest absolute Gasteiger partial charge is 0.471 e. The molecule has 0 fully saturated rings. The lowest BCUT2D eigenvalue weighted by Gasteiger charge is -2.27. The normalized spacial score (nSPS) is 19.7. The summed E-state index contributed by atoms with van der Waals surface area (Å²) in [6.45, 7) is 0.241. The van der Waals surface area contributed by atoms with Gasteiger partial charge in [0.1, 0.15) is 12.2 Å². The Labute approximate surface area is 98.0 Å². The molecule has 0 saturated heterocycles. The van der Waals surface area contributed by atoms with Gasteiger partial charge in [-0.3, -0.25) is 4.52 Å². The minimum absolute atomic E-state index is 0.255. The molecule has 0 radical (unpaired) electrons. The Balaban J connectivity index is 4.34. The van der Waals surface area contributed by atoms with Crippen molar-refractivity contribution in [3.63, 3.8) is 0 Å². The van der Waals surface area contributed by atoms with Crippen LogP contribution < -0.4 is 5.73 Å². The van der Waals surface area contributed by atoms with E-state index in [2.05, 4.69) is 4.52 Å². The molecule has 7 N–H and O–H groups in total. The summed E-state index contributed by atoms with van der Waals surface area (Å²) >= 11 is 0. The molecule has 0 aromatic carbocycles. The van der Waals surface area contributed by atoms with Crippen molar-refractivity contribution < 1.29 is 38.9 Å². The van der Waals surface area contributed by atoms with Gasteiger partial charge in [-0.05, 0) is 6.92 Å². The van der Waals surface area contributed by atoms with Crippen molar-refractivity contribution in [1.82, 2.24) is 0 Å². The Morgan fingerprint density at radius 2 is 1.88 bits per heavy atom. The lowest BCUT2D eigenvalue weighted by atomic mass is 10.1. The van der Waals surface area contributed by atoms with Gasteiger partial charge in [0.05, 0.1) is 12.7 Å². The van der Waals surface area contributed by atoms with Gasteiger partial charge in [0.2, 0.25) is 0 Å². The zero-order valence-corrected chi connectivity index (χ0v) is 10.1. The number of hydrogen-bond donors (Lipinski definition) is 6. The number of phosphoric ester groups is 1. The molecule has 104 valence electrons. The van der Waals surface area contributed by atoms with Gasteiger partial charge < -0.3 is 35.6 Å². The molecule has 0 amide bonds. The van der Waals surface area contributed by atoms with E-state index in [9.17, 15) is 14.8 Å². The maximum atomic E-state index is 10.5. The molecule has 9 nitrogen and oxygen atoms in total. The summed E-state index contributed by atoms with van der Waals surface area (Å²) in [4.78, 5) is 17.0. The number of ether oxygens (including phenoxy) is 1. The number of aliphatic hydroxyl groups excluding tert-OH is 3. The highest BCUT2D eigenvalue weighted by atomic mass is 31.2. The van der Waals surface area contributed by atoms with Crippen molar-refractivity contribution in [1.29, 1.82) is 0 Å². The first-order valence-corrected chi connectivity index (χ1v) is 6.30. The molecule has 17 heavy (non-hydrogen) atoms. The summed E-state index contributed by atoms with van der Waals surface area (Å²) < 4.78 is 19.4. The predicted molar refractivity (Wildman–Crippen MR) is 55.6 cm³/mol. The van der Waals surface area contributed by atoms with Gasteiger partial charge in [-0.25, -0.2) is 4.57 Å². The number of aliphatic hydroxyl groups is 3. The summed E-state index contributed by atoms with van der Waals surface area (Å²) in [6.07, 6.45) is -5.45. The fourth-order valence-electron chi connectivity index (χ4n) is 1.08. The zero-order valence-electron chi connectivity index (χ0n) is 9.21. The van der Waals surface area contributed by atoms with Crippen LogP contribution in [0.3, 0.4) is 0 Å². The van der Waals surface area contributed by atoms with Crippen LogP contribution in [0.2, 0.25) is 0 Å². The van der Waals surface area contributed by atoms with E-state index >= 15 is 0 Å². The van der Waals surface area contributed by atoms with Crippen molar-refractivity contribution >= 4 is 7.82 Å². The molecule has 0 heterocycles. The van der Waals surface area contributed by atoms with E-state index in [-0.39, 0.29) is 6.54 Å². The second-order valence-corrected chi connectivity index (χ2v) is 4.51. The minimum Gasteiger partial charge on any atom is -0.394 e. The maximum absolute atomic E-state index is 10.5. The molecular weight excluding hydrogens is 257 g/mol. The van der Waals surface area contributed by atoms with Crippen LogP contribution in [0, 0.1) is 0 Å². The van der Waals surface area contributed by atoms with Crippen molar-refractivity contribution in [2.45, 2.75) is 31.5 Å². The quantitative estimate of drug-likeness (QED) is 0.207. The van der Waals surface area contributed by atoms with E-state index in [4.69, 9.17) is 25.4 Å². The van der Waals surface area contributed by atoms with E-state index in [1.54, 1.807) is 0 Å². The number of rotatable bonds is 8. The minimum atomic E-state index is -4.72. The van der Waals surface area contributed by atoms with Crippen LogP contribution in [0.15, 0.2) is 0 Å². The van der Waals surface area contributed by atoms with Crippen LogP contribution in [0.1, 0.15) is 6.92 Å². The zero-order chi connectivity index (χ0) is 13.6. The van der Waals surface area contributed by atoms with Gasteiger partial charge in [0.15, 0.2) is 6.29 Å². The number of phosphoric acid groups is 1. The van der Waals surface area contributed by atoms with E-state index in [1.165, 1.54) is 6.92 Å². The van der Waals surface area contributed by atoms with E-state index in [0.717, 1.165) is 0 Å². The van der Waals surface area contributed by atoms with Crippen LogP contribution >= 0.6 is 7.82 Å². The average Bonchev–Trinajstić information content (AvgIpc) is 2.21. The van der Waals surface area contributed by atoms with Gasteiger partial charge in [0.25, 0.3) is 0 Å². The third kappa shape index (κ3) is 7.04. The highest BCUT2D eigenvalue weighted by molar-refractivity contribution is 7.46. The van der Waals surface area contributed by atoms with Gasteiger partial charge in [-0.2, -0.15) is 0 Å². The number of nitrogens with two attached hydrogens (primary N) is 1. The van der Waals surface area contributed by atoms with E-state index in [1.807, 2.05) is 0 Å². The van der Waals surface area contributed by atoms with Crippen LogP contribution in [0.4, 0.5) is 0 Å². The molecule has 0 aliphatic carbocycles. The van der Waals surface area contributed by atoms with Crippen molar-refractivity contribution in [3.05, 3.63) is 0 Å². The van der Waals surface area contributed by atoms with Gasteiger partial charge >= 0.3 is 7.82 Å². The Morgan fingerprint density at radius 1 is 1.35 bits per heavy atom. The fraction of sp³-hybridized carbons (Fsp3) is 1.00. The highest BCUT2D eigenvalue weighted by Gasteiger charge is 2.29. The SMILES string of the molecule is CC(OC(CO)[C@H](O)C(O)CN)OP(=O)(O)O. The second kappa shape index (κ2) is 7.37. The summed E-state index contributed by atoms with van der Waals surface area (Å²) in [7, 11) is -4.72. The van der Waals surface area contributed by atoms with Crippen LogP contribution in [0.25, 0.3) is 0 Å². The molecule has 0 aliphatic heterocycles. The molecule has 0 aromatic heterocycles.